The van der Waals surface area contributed by atoms with Crippen molar-refractivity contribution in [1.29, 1.82) is 0 Å². The Morgan fingerprint density at radius 1 is 0.850 bits per heavy atom. The van der Waals surface area contributed by atoms with Crippen molar-refractivity contribution < 1.29 is 45.3 Å². The molecule has 0 unspecified atom stereocenters. The van der Waals surface area contributed by atoms with Crippen LogP contribution in [0.15, 0.2) is 0 Å². The van der Waals surface area contributed by atoms with Crippen molar-refractivity contribution in [1.82, 2.24) is 4.90 Å². The van der Waals surface area contributed by atoms with E-state index in [2.05, 4.69) is 0 Å². The Bertz CT molecular complexity index is 308. The molecule has 0 aromatic heterocycles. The molecule has 10 heteroatoms. The highest BCUT2D eigenvalue weighted by Gasteiger charge is 2.31. The molecular formula is C10H19NO9. The van der Waals surface area contributed by atoms with E-state index in [0.717, 1.165) is 4.90 Å². The van der Waals surface area contributed by atoms with E-state index >= 15 is 0 Å². The van der Waals surface area contributed by atoms with Crippen molar-refractivity contribution >= 4 is 11.9 Å². The monoisotopic (exact) mass is 297 g/mol. The maximum Gasteiger partial charge on any atom is 0.317 e. The zero-order valence-electron chi connectivity index (χ0n) is 10.5. The first-order valence-electron chi connectivity index (χ1n) is 5.68. The summed E-state index contributed by atoms with van der Waals surface area (Å²) in [6.45, 7) is -2.77. The molecule has 7 N–H and O–H groups in total. The SMILES string of the molecule is O=C(O)CN(CC(=O)O)C[C@H](O)[C@@H](O)[C@H](O)[C@H](O)CO. The van der Waals surface area contributed by atoms with Crippen LogP contribution in [-0.4, -0.2) is 103 Å². The lowest BCUT2D eigenvalue weighted by atomic mass is 10.0. The molecule has 0 bridgehead atoms. The summed E-state index contributed by atoms with van der Waals surface area (Å²) in [5.74, 6) is -2.66. The molecule has 0 heterocycles. The summed E-state index contributed by atoms with van der Waals surface area (Å²) in [6, 6.07) is 0. The third-order valence-corrected chi connectivity index (χ3v) is 2.49. The fourth-order valence-electron chi connectivity index (χ4n) is 1.50. The molecule has 20 heavy (non-hydrogen) atoms. The molecule has 0 saturated carbocycles. The first-order chi connectivity index (χ1) is 9.18. The van der Waals surface area contributed by atoms with Crippen LogP contribution in [0.2, 0.25) is 0 Å². The summed E-state index contributed by atoms with van der Waals surface area (Å²) in [6.07, 6.45) is -7.12. The fraction of sp³-hybridized carbons (Fsp3) is 0.800. The van der Waals surface area contributed by atoms with Gasteiger partial charge in [-0.3, -0.25) is 14.5 Å². The summed E-state index contributed by atoms with van der Waals surface area (Å²) in [4.78, 5) is 21.9. The molecule has 0 aromatic carbocycles. The second kappa shape index (κ2) is 8.79. The van der Waals surface area contributed by atoms with Gasteiger partial charge < -0.3 is 35.7 Å². The zero-order valence-corrected chi connectivity index (χ0v) is 10.5. The number of carbonyl (C=O) groups is 2. The first kappa shape index (κ1) is 18.7. The van der Waals surface area contributed by atoms with Crippen LogP contribution >= 0.6 is 0 Å². The van der Waals surface area contributed by atoms with E-state index in [1.54, 1.807) is 0 Å². The van der Waals surface area contributed by atoms with Crippen molar-refractivity contribution in [2.45, 2.75) is 24.4 Å². The van der Waals surface area contributed by atoms with Crippen LogP contribution < -0.4 is 0 Å². The number of carboxylic acid groups (broad SMARTS) is 2. The number of aliphatic carboxylic acids is 2. The molecule has 10 nitrogen and oxygen atoms in total. The lowest BCUT2D eigenvalue weighted by molar-refractivity contribution is -0.145. The molecular weight excluding hydrogens is 278 g/mol. The van der Waals surface area contributed by atoms with E-state index in [4.69, 9.17) is 20.4 Å². The van der Waals surface area contributed by atoms with Crippen LogP contribution in [0.3, 0.4) is 0 Å². The quantitative estimate of drug-likeness (QED) is 0.209. The number of aliphatic hydroxyl groups is 5. The highest BCUT2D eigenvalue weighted by atomic mass is 16.4. The minimum absolute atomic E-state index is 0.547. The standard InChI is InChI=1S/C10H19NO9/c12-4-6(14)10(20)9(19)5(13)1-11(2-7(15)16)3-8(17)18/h5-6,9-10,12-14,19-20H,1-4H2,(H,15,16)(H,17,18)/t5-,6+,9+,10+/m0/s1. The van der Waals surface area contributed by atoms with Crippen molar-refractivity contribution in [2.75, 3.05) is 26.2 Å². The second-order valence-electron chi connectivity index (χ2n) is 4.26. The minimum Gasteiger partial charge on any atom is -0.480 e. The van der Waals surface area contributed by atoms with Gasteiger partial charge in [-0.05, 0) is 0 Å². The molecule has 0 fully saturated rings. The van der Waals surface area contributed by atoms with Crippen LogP contribution in [-0.2, 0) is 9.59 Å². The fourth-order valence-corrected chi connectivity index (χ4v) is 1.50. The molecule has 0 amide bonds. The average Bonchev–Trinajstić information content (AvgIpc) is 2.34. The maximum atomic E-state index is 10.5. The highest BCUT2D eigenvalue weighted by Crippen LogP contribution is 2.07. The minimum atomic E-state index is -1.87. The number of aliphatic hydroxyl groups excluding tert-OH is 5. The molecule has 0 aliphatic rings. The van der Waals surface area contributed by atoms with E-state index in [1.165, 1.54) is 0 Å². The Morgan fingerprint density at radius 2 is 1.25 bits per heavy atom. The van der Waals surface area contributed by atoms with Crippen molar-refractivity contribution in [3.63, 3.8) is 0 Å². The predicted molar refractivity (Wildman–Crippen MR) is 62.8 cm³/mol. The van der Waals surface area contributed by atoms with Gasteiger partial charge in [0.15, 0.2) is 0 Å². The summed E-state index contributed by atoms with van der Waals surface area (Å²) >= 11 is 0. The van der Waals surface area contributed by atoms with Crippen molar-refractivity contribution in [3.05, 3.63) is 0 Å². The number of hydrogen-bond donors (Lipinski definition) is 7. The second-order valence-corrected chi connectivity index (χ2v) is 4.26. The van der Waals surface area contributed by atoms with Crippen LogP contribution in [0.4, 0.5) is 0 Å². The van der Waals surface area contributed by atoms with Gasteiger partial charge in [0.1, 0.15) is 18.3 Å². The van der Waals surface area contributed by atoms with Crippen LogP contribution in [0.1, 0.15) is 0 Å². The highest BCUT2D eigenvalue weighted by molar-refractivity contribution is 5.72. The van der Waals surface area contributed by atoms with Gasteiger partial charge in [0.25, 0.3) is 0 Å². The van der Waals surface area contributed by atoms with Gasteiger partial charge in [-0.15, -0.1) is 0 Å². The predicted octanol–water partition coefficient (Wildman–Crippen LogP) is -4.11. The number of carboxylic acids is 2. The van der Waals surface area contributed by atoms with E-state index in [9.17, 15) is 24.9 Å². The normalized spacial score (nSPS) is 17.5. The third kappa shape index (κ3) is 6.75. The van der Waals surface area contributed by atoms with Crippen LogP contribution in [0.25, 0.3) is 0 Å². The molecule has 0 aromatic rings. The van der Waals surface area contributed by atoms with Gasteiger partial charge in [0.2, 0.25) is 0 Å². The Kier molecular flexibility index (Phi) is 8.22. The van der Waals surface area contributed by atoms with Gasteiger partial charge in [-0.25, -0.2) is 0 Å². The molecule has 0 aliphatic carbocycles. The van der Waals surface area contributed by atoms with Crippen molar-refractivity contribution in [2.24, 2.45) is 0 Å². The first-order valence-corrected chi connectivity index (χ1v) is 5.68. The lowest BCUT2D eigenvalue weighted by Crippen LogP contribution is -2.51. The molecule has 0 radical (unpaired) electrons. The molecule has 0 spiro atoms. The smallest absolute Gasteiger partial charge is 0.317 e. The van der Waals surface area contributed by atoms with Crippen molar-refractivity contribution in [3.8, 4) is 0 Å². The Morgan fingerprint density at radius 3 is 1.60 bits per heavy atom. The van der Waals surface area contributed by atoms with Gasteiger partial charge in [0.05, 0.1) is 25.8 Å². The summed E-state index contributed by atoms with van der Waals surface area (Å²) < 4.78 is 0. The average molecular weight is 297 g/mol. The van der Waals surface area contributed by atoms with Gasteiger partial charge in [-0.1, -0.05) is 0 Å². The summed E-state index contributed by atoms with van der Waals surface area (Å²) in [5.41, 5.74) is 0. The zero-order chi connectivity index (χ0) is 15.9. The van der Waals surface area contributed by atoms with E-state index in [1.807, 2.05) is 0 Å². The van der Waals surface area contributed by atoms with Crippen LogP contribution in [0.5, 0.6) is 0 Å². The molecule has 0 aliphatic heterocycles. The summed E-state index contributed by atoms with van der Waals surface area (Å²) in [7, 11) is 0. The van der Waals surface area contributed by atoms with Gasteiger partial charge in [0, 0.05) is 6.54 Å². The Hall–Kier alpha value is -1.30. The Balaban J connectivity index is 4.60. The number of hydrogen-bond acceptors (Lipinski definition) is 8. The lowest BCUT2D eigenvalue weighted by Gasteiger charge is -2.28. The number of nitrogens with zero attached hydrogens (tertiary/aromatic N) is 1. The Labute approximate surface area is 114 Å². The molecule has 0 rings (SSSR count). The molecule has 4 atom stereocenters. The number of rotatable bonds is 10. The van der Waals surface area contributed by atoms with Gasteiger partial charge in [-0.2, -0.15) is 0 Å². The van der Waals surface area contributed by atoms with E-state index < -0.39 is 62.6 Å². The summed E-state index contributed by atoms with van der Waals surface area (Å²) in [5, 5.41) is 63.3. The largest absolute Gasteiger partial charge is 0.480 e. The van der Waals surface area contributed by atoms with Crippen LogP contribution in [0, 0.1) is 0 Å². The van der Waals surface area contributed by atoms with E-state index in [0.29, 0.717) is 0 Å². The third-order valence-electron chi connectivity index (χ3n) is 2.49. The topological polar surface area (TPSA) is 179 Å². The maximum absolute atomic E-state index is 10.5. The van der Waals surface area contributed by atoms with Gasteiger partial charge >= 0.3 is 11.9 Å². The molecule has 118 valence electrons. The molecule has 0 saturated heterocycles. The van der Waals surface area contributed by atoms with E-state index in [-0.39, 0.29) is 0 Å².